The number of nitrogens with one attached hydrogen (secondary N) is 1. The van der Waals surface area contributed by atoms with Crippen LogP contribution in [0.2, 0.25) is 0 Å². The molecule has 0 radical (unpaired) electrons. The molecule has 0 fully saturated rings. The van der Waals surface area contributed by atoms with E-state index in [1.165, 1.54) is 12.3 Å². The summed E-state index contributed by atoms with van der Waals surface area (Å²) < 4.78 is 1.09. The predicted molar refractivity (Wildman–Crippen MR) is 71.4 cm³/mol. The second-order valence-electron chi connectivity index (χ2n) is 3.88. The third-order valence-corrected chi connectivity index (χ3v) is 2.44. The van der Waals surface area contributed by atoms with Crippen molar-refractivity contribution >= 4 is 24.0 Å². The van der Waals surface area contributed by atoms with E-state index in [0.717, 1.165) is 4.68 Å². The number of aromatic nitrogens is 4. The summed E-state index contributed by atoms with van der Waals surface area (Å²) in [5, 5.41) is 22.9. The topological polar surface area (TPSA) is 148 Å². The number of anilines is 1. The Bertz CT molecular complexity index is 695. The number of carbonyl (C=O) groups excluding carboxylic acids is 1. The number of hydrogen-bond acceptors (Lipinski definition) is 7. The SMILES string of the molecule is Nc1nnnn1CC(=O)N/N=C\c1ccccc1C(=O)O. The molecule has 1 aromatic heterocycles. The zero-order valence-electron chi connectivity index (χ0n) is 10.7. The Labute approximate surface area is 118 Å². The number of aromatic carboxylic acids is 1. The van der Waals surface area contributed by atoms with Crippen LogP contribution in [0.4, 0.5) is 5.95 Å². The molecule has 4 N–H and O–H groups in total. The molecule has 0 unspecified atom stereocenters. The fourth-order valence-electron chi connectivity index (χ4n) is 1.47. The van der Waals surface area contributed by atoms with Crippen LogP contribution in [0.5, 0.6) is 0 Å². The molecule has 0 saturated carbocycles. The van der Waals surface area contributed by atoms with Crippen LogP contribution in [-0.4, -0.2) is 43.4 Å². The van der Waals surface area contributed by atoms with Crippen molar-refractivity contribution in [3.8, 4) is 0 Å². The van der Waals surface area contributed by atoms with E-state index in [1.807, 2.05) is 0 Å². The maximum atomic E-state index is 11.6. The van der Waals surface area contributed by atoms with Gasteiger partial charge in [0.2, 0.25) is 5.95 Å². The fraction of sp³-hybridized carbons (Fsp3) is 0.0909. The average Bonchev–Trinajstić information content (AvgIpc) is 2.84. The van der Waals surface area contributed by atoms with Crippen molar-refractivity contribution < 1.29 is 14.7 Å². The van der Waals surface area contributed by atoms with Gasteiger partial charge in [-0.3, -0.25) is 4.79 Å². The van der Waals surface area contributed by atoms with Gasteiger partial charge >= 0.3 is 5.97 Å². The molecule has 10 nitrogen and oxygen atoms in total. The summed E-state index contributed by atoms with van der Waals surface area (Å²) in [5.74, 6) is -1.58. The van der Waals surface area contributed by atoms with E-state index in [0.29, 0.717) is 5.56 Å². The van der Waals surface area contributed by atoms with Gasteiger partial charge in [0.1, 0.15) is 6.54 Å². The minimum atomic E-state index is -1.08. The van der Waals surface area contributed by atoms with Gasteiger partial charge in [-0.2, -0.15) is 5.10 Å². The number of carboxylic acids is 1. The molecule has 1 aromatic carbocycles. The highest BCUT2D eigenvalue weighted by Crippen LogP contribution is 2.05. The van der Waals surface area contributed by atoms with Gasteiger partial charge in [-0.25, -0.2) is 14.9 Å². The lowest BCUT2D eigenvalue weighted by molar-refractivity contribution is -0.121. The van der Waals surface area contributed by atoms with Crippen molar-refractivity contribution in [1.82, 2.24) is 25.6 Å². The molecule has 2 rings (SSSR count). The van der Waals surface area contributed by atoms with E-state index in [9.17, 15) is 9.59 Å². The summed E-state index contributed by atoms with van der Waals surface area (Å²) >= 11 is 0. The first-order valence-corrected chi connectivity index (χ1v) is 5.74. The smallest absolute Gasteiger partial charge is 0.336 e. The van der Waals surface area contributed by atoms with Gasteiger partial charge in [-0.1, -0.05) is 23.3 Å². The van der Waals surface area contributed by atoms with Gasteiger partial charge in [-0.15, -0.1) is 0 Å². The molecule has 21 heavy (non-hydrogen) atoms. The molecular weight excluding hydrogens is 278 g/mol. The highest BCUT2D eigenvalue weighted by Gasteiger charge is 2.08. The van der Waals surface area contributed by atoms with Crippen LogP contribution in [0.25, 0.3) is 0 Å². The van der Waals surface area contributed by atoms with E-state index in [4.69, 9.17) is 10.8 Å². The molecule has 0 atom stereocenters. The largest absolute Gasteiger partial charge is 0.478 e. The standard InChI is InChI=1S/C11H11N7O3/c12-11-15-16-17-18(11)6-9(19)14-13-5-7-3-1-2-4-8(7)10(20)21/h1-5H,6H2,(H,14,19)(H,20,21)(H2,12,15,17)/b13-5-. The van der Waals surface area contributed by atoms with Crippen molar-refractivity contribution in [2.45, 2.75) is 6.54 Å². The molecule has 0 aliphatic heterocycles. The van der Waals surface area contributed by atoms with Crippen LogP contribution >= 0.6 is 0 Å². The fourth-order valence-corrected chi connectivity index (χ4v) is 1.47. The number of benzene rings is 1. The number of tetrazole rings is 1. The molecule has 0 spiro atoms. The lowest BCUT2D eigenvalue weighted by atomic mass is 10.1. The van der Waals surface area contributed by atoms with Gasteiger partial charge in [0.05, 0.1) is 11.8 Å². The minimum Gasteiger partial charge on any atom is -0.478 e. The van der Waals surface area contributed by atoms with Crippen LogP contribution in [0.15, 0.2) is 29.4 Å². The Balaban J connectivity index is 1.98. The molecule has 0 aliphatic carbocycles. The van der Waals surface area contributed by atoms with Gasteiger partial charge in [0, 0.05) is 5.56 Å². The summed E-state index contributed by atoms with van der Waals surface area (Å²) in [7, 11) is 0. The zero-order valence-corrected chi connectivity index (χ0v) is 10.7. The third kappa shape index (κ3) is 3.59. The van der Waals surface area contributed by atoms with Crippen molar-refractivity contribution in [3.05, 3.63) is 35.4 Å². The van der Waals surface area contributed by atoms with E-state index in [-0.39, 0.29) is 18.1 Å². The van der Waals surface area contributed by atoms with Crippen LogP contribution in [0.1, 0.15) is 15.9 Å². The molecule has 10 heteroatoms. The lowest BCUT2D eigenvalue weighted by Gasteiger charge is -2.01. The van der Waals surface area contributed by atoms with Gasteiger partial charge in [-0.05, 0) is 16.5 Å². The molecule has 2 aromatic rings. The van der Waals surface area contributed by atoms with Crippen molar-refractivity contribution in [2.24, 2.45) is 5.10 Å². The monoisotopic (exact) mass is 289 g/mol. The van der Waals surface area contributed by atoms with Crippen molar-refractivity contribution in [2.75, 3.05) is 5.73 Å². The number of nitrogens with zero attached hydrogens (tertiary/aromatic N) is 5. The average molecular weight is 289 g/mol. The number of hydrazone groups is 1. The number of hydrogen-bond donors (Lipinski definition) is 3. The highest BCUT2D eigenvalue weighted by molar-refractivity contribution is 5.98. The molecule has 0 saturated heterocycles. The Morgan fingerprint density at radius 3 is 2.86 bits per heavy atom. The number of carbonyl (C=O) groups is 2. The molecular formula is C11H11N7O3. The zero-order chi connectivity index (χ0) is 15.2. The van der Waals surface area contributed by atoms with Gasteiger partial charge in [0.25, 0.3) is 5.91 Å². The summed E-state index contributed by atoms with van der Waals surface area (Å²) in [6, 6.07) is 6.27. The number of nitrogens with two attached hydrogens (primary N) is 1. The summed E-state index contributed by atoms with van der Waals surface area (Å²) in [6.45, 7) is -0.198. The number of rotatable bonds is 5. The van der Waals surface area contributed by atoms with Gasteiger partial charge < -0.3 is 10.8 Å². The Hall–Kier alpha value is -3.30. The Morgan fingerprint density at radius 2 is 2.19 bits per heavy atom. The summed E-state index contributed by atoms with van der Waals surface area (Å²) in [5.41, 5.74) is 8.08. The van der Waals surface area contributed by atoms with Crippen LogP contribution < -0.4 is 11.2 Å². The Kier molecular flexibility index (Phi) is 4.19. The van der Waals surface area contributed by atoms with Crippen molar-refractivity contribution in [3.63, 3.8) is 0 Å². The molecule has 108 valence electrons. The van der Waals surface area contributed by atoms with Crippen molar-refractivity contribution in [1.29, 1.82) is 0 Å². The highest BCUT2D eigenvalue weighted by atomic mass is 16.4. The lowest BCUT2D eigenvalue weighted by Crippen LogP contribution is -2.24. The van der Waals surface area contributed by atoms with E-state index >= 15 is 0 Å². The van der Waals surface area contributed by atoms with Crippen LogP contribution in [-0.2, 0) is 11.3 Å². The maximum absolute atomic E-state index is 11.6. The second kappa shape index (κ2) is 6.23. The summed E-state index contributed by atoms with van der Waals surface area (Å²) in [4.78, 5) is 22.5. The van der Waals surface area contributed by atoms with Crippen LogP contribution in [0.3, 0.4) is 0 Å². The van der Waals surface area contributed by atoms with Crippen LogP contribution in [0, 0.1) is 0 Å². The molecule has 1 heterocycles. The first-order chi connectivity index (χ1) is 10.1. The predicted octanol–water partition coefficient (Wildman–Crippen LogP) is -0.896. The Morgan fingerprint density at radius 1 is 1.43 bits per heavy atom. The van der Waals surface area contributed by atoms with E-state index < -0.39 is 11.9 Å². The molecule has 0 aliphatic rings. The minimum absolute atomic E-state index is 0.00496. The number of nitrogen functional groups attached to an aromatic ring is 1. The van der Waals surface area contributed by atoms with E-state index in [1.54, 1.807) is 18.2 Å². The van der Waals surface area contributed by atoms with Gasteiger partial charge in [0.15, 0.2) is 0 Å². The molecule has 1 amide bonds. The number of amides is 1. The maximum Gasteiger partial charge on any atom is 0.336 e. The number of carboxylic acid groups (broad SMARTS) is 1. The second-order valence-corrected chi connectivity index (χ2v) is 3.88. The normalized spacial score (nSPS) is 10.7. The van der Waals surface area contributed by atoms with E-state index in [2.05, 4.69) is 26.1 Å². The first-order valence-electron chi connectivity index (χ1n) is 5.74. The first kappa shape index (κ1) is 14.1. The molecule has 0 bridgehead atoms. The summed E-state index contributed by atoms with van der Waals surface area (Å²) in [6.07, 6.45) is 1.24. The quantitative estimate of drug-likeness (QED) is 0.477. The third-order valence-electron chi connectivity index (χ3n) is 2.44.